The van der Waals surface area contributed by atoms with Gasteiger partial charge < -0.3 is 10.2 Å². The maximum absolute atomic E-state index is 11.4. The topological polar surface area (TPSA) is 32.3 Å². The van der Waals surface area contributed by atoms with E-state index in [0.29, 0.717) is 6.54 Å². The SMILES string of the molecule is Cc1ccc(C(C)NCC(=O)N(C)C)cc1. The van der Waals surface area contributed by atoms with Crippen LogP contribution < -0.4 is 5.32 Å². The van der Waals surface area contributed by atoms with E-state index in [0.717, 1.165) is 0 Å². The van der Waals surface area contributed by atoms with Crippen molar-refractivity contribution in [1.82, 2.24) is 10.2 Å². The average molecular weight is 220 g/mol. The molecule has 16 heavy (non-hydrogen) atoms. The minimum Gasteiger partial charge on any atom is -0.348 e. The van der Waals surface area contributed by atoms with Gasteiger partial charge in [0, 0.05) is 20.1 Å². The standard InChI is InChI=1S/C13H20N2O/c1-10-5-7-12(8-6-10)11(2)14-9-13(16)15(3)4/h5-8,11,14H,9H2,1-4H3. The molecular formula is C13H20N2O. The lowest BCUT2D eigenvalue weighted by Crippen LogP contribution is -2.34. The predicted molar refractivity (Wildman–Crippen MR) is 66.3 cm³/mol. The summed E-state index contributed by atoms with van der Waals surface area (Å²) in [6.07, 6.45) is 0. The summed E-state index contributed by atoms with van der Waals surface area (Å²) in [7, 11) is 3.53. The summed E-state index contributed by atoms with van der Waals surface area (Å²) >= 11 is 0. The molecule has 0 bridgehead atoms. The first-order valence-electron chi connectivity index (χ1n) is 5.51. The zero-order valence-electron chi connectivity index (χ0n) is 10.4. The van der Waals surface area contributed by atoms with Gasteiger partial charge >= 0.3 is 0 Å². The van der Waals surface area contributed by atoms with Crippen molar-refractivity contribution in [2.45, 2.75) is 19.9 Å². The van der Waals surface area contributed by atoms with Gasteiger partial charge in [0.1, 0.15) is 0 Å². The van der Waals surface area contributed by atoms with Gasteiger partial charge in [0.25, 0.3) is 0 Å². The largest absolute Gasteiger partial charge is 0.348 e. The fraction of sp³-hybridized carbons (Fsp3) is 0.462. The quantitative estimate of drug-likeness (QED) is 0.838. The maximum Gasteiger partial charge on any atom is 0.236 e. The summed E-state index contributed by atoms with van der Waals surface area (Å²) in [5.74, 6) is 0.0963. The van der Waals surface area contributed by atoms with E-state index in [4.69, 9.17) is 0 Å². The van der Waals surface area contributed by atoms with E-state index in [1.165, 1.54) is 11.1 Å². The Balaban J connectivity index is 2.49. The van der Waals surface area contributed by atoms with Crippen molar-refractivity contribution in [1.29, 1.82) is 0 Å². The summed E-state index contributed by atoms with van der Waals surface area (Å²) in [6, 6.07) is 8.55. The number of carbonyl (C=O) groups is 1. The highest BCUT2D eigenvalue weighted by Crippen LogP contribution is 2.12. The van der Waals surface area contributed by atoms with Crippen LogP contribution in [0.3, 0.4) is 0 Å². The Hall–Kier alpha value is -1.35. The van der Waals surface area contributed by atoms with Crippen LogP contribution in [0, 0.1) is 6.92 Å². The van der Waals surface area contributed by atoms with Crippen LogP contribution >= 0.6 is 0 Å². The van der Waals surface area contributed by atoms with Crippen molar-refractivity contribution in [2.75, 3.05) is 20.6 Å². The molecule has 0 aliphatic rings. The Morgan fingerprint density at radius 2 is 1.88 bits per heavy atom. The van der Waals surface area contributed by atoms with Gasteiger partial charge in [-0.1, -0.05) is 29.8 Å². The summed E-state index contributed by atoms with van der Waals surface area (Å²) in [6.45, 7) is 4.51. The van der Waals surface area contributed by atoms with Crippen LogP contribution in [0.1, 0.15) is 24.1 Å². The van der Waals surface area contributed by atoms with E-state index in [2.05, 4.69) is 43.4 Å². The molecule has 0 saturated heterocycles. The molecule has 1 aromatic carbocycles. The Bertz CT molecular complexity index is 343. The summed E-state index contributed by atoms with van der Waals surface area (Å²) in [5.41, 5.74) is 2.46. The number of carbonyl (C=O) groups excluding carboxylic acids is 1. The molecule has 0 aliphatic heterocycles. The zero-order chi connectivity index (χ0) is 12.1. The Morgan fingerprint density at radius 1 is 1.31 bits per heavy atom. The lowest BCUT2D eigenvalue weighted by atomic mass is 10.1. The van der Waals surface area contributed by atoms with Crippen molar-refractivity contribution >= 4 is 5.91 Å². The summed E-state index contributed by atoms with van der Waals surface area (Å²) in [4.78, 5) is 13.0. The molecule has 1 unspecified atom stereocenters. The van der Waals surface area contributed by atoms with E-state index >= 15 is 0 Å². The monoisotopic (exact) mass is 220 g/mol. The molecule has 1 atom stereocenters. The number of amides is 1. The molecule has 1 N–H and O–H groups in total. The molecule has 0 radical (unpaired) electrons. The molecule has 3 heteroatoms. The molecule has 0 heterocycles. The van der Waals surface area contributed by atoms with Crippen LogP contribution in [0.25, 0.3) is 0 Å². The van der Waals surface area contributed by atoms with E-state index in [9.17, 15) is 4.79 Å². The molecule has 1 amide bonds. The van der Waals surface area contributed by atoms with Gasteiger partial charge in [-0.3, -0.25) is 4.79 Å². The van der Waals surface area contributed by atoms with E-state index in [1.807, 2.05) is 0 Å². The first-order chi connectivity index (χ1) is 7.50. The third-order valence-corrected chi connectivity index (χ3v) is 2.64. The third kappa shape index (κ3) is 3.66. The minimum absolute atomic E-state index is 0.0963. The Morgan fingerprint density at radius 3 is 2.38 bits per heavy atom. The number of rotatable bonds is 4. The second-order valence-electron chi connectivity index (χ2n) is 4.30. The van der Waals surface area contributed by atoms with Gasteiger partial charge in [0.2, 0.25) is 5.91 Å². The lowest BCUT2D eigenvalue weighted by molar-refractivity contribution is -0.127. The molecule has 1 rings (SSSR count). The normalized spacial score (nSPS) is 12.2. The van der Waals surface area contributed by atoms with Crippen LogP contribution in [0.4, 0.5) is 0 Å². The van der Waals surface area contributed by atoms with E-state index in [-0.39, 0.29) is 11.9 Å². The minimum atomic E-state index is 0.0963. The number of likely N-dealkylation sites (N-methyl/N-ethyl adjacent to an activating group) is 1. The molecule has 0 aliphatic carbocycles. The second-order valence-corrected chi connectivity index (χ2v) is 4.30. The van der Waals surface area contributed by atoms with Crippen LogP contribution in [0.15, 0.2) is 24.3 Å². The molecule has 0 aromatic heterocycles. The number of aryl methyl sites for hydroxylation is 1. The highest BCUT2D eigenvalue weighted by Gasteiger charge is 2.08. The van der Waals surface area contributed by atoms with E-state index < -0.39 is 0 Å². The number of hydrogen-bond donors (Lipinski definition) is 1. The van der Waals surface area contributed by atoms with Crippen molar-refractivity contribution in [3.05, 3.63) is 35.4 Å². The van der Waals surface area contributed by atoms with Crippen LogP contribution in [-0.4, -0.2) is 31.4 Å². The number of nitrogens with zero attached hydrogens (tertiary/aromatic N) is 1. The van der Waals surface area contributed by atoms with Gasteiger partial charge in [-0.05, 0) is 19.4 Å². The van der Waals surface area contributed by atoms with Gasteiger partial charge in [-0.15, -0.1) is 0 Å². The molecular weight excluding hydrogens is 200 g/mol. The van der Waals surface area contributed by atoms with Gasteiger partial charge in [0.15, 0.2) is 0 Å². The van der Waals surface area contributed by atoms with Crippen molar-refractivity contribution in [3.8, 4) is 0 Å². The fourth-order valence-corrected chi connectivity index (χ4v) is 1.37. The third-order valence-electron chi connectivity index (χ3n) is 2.64. The first-order valence-corrected chi connectivity index (χ1v) is 5.51. The smallest absolute Gasteiger partial charge is 0.236 e. The Labute approximate surface area is 97.5 Å². The van der Waals surface area contributed by atoms with E-state index in [1.54, 1.807) is 19.0 Å². The van der Waals surface area contributed by atoms with Gasteiger partial charge in [-0.2, -0.15) is 0 Å². The van der Waals surface area contributed by atoms with Crippen molar-refractivity contribution < 1.29 is 4.79 Å². The summed E-state index contributed by atoms with van der Waals surface area (Å²) < 4.78 is 0. The van der Waals surface area contributed by atoms with Gasteiger partial charge in [0.05, 0.1) is 6.54 Å². The first kappa shape index (κ1) is 12.7. The van der Waals surface area contributed by atoms with Crippen LogP contribution in [0.2, 0.25) is 0 Å². The second kappa shape index (κ2) is 5.66. The molecule has 1 aromatic rings. The number of hydrogen-bond acceptors (Lipinski definition) is 2. The fourth-order valence-electron chi connectivity index (χ4n) is 1.37. The molecule has 0 saturated carbocycles. The van der Waals surface area contributed by atoms with Crippen LogP contribution in [-0.2, 0) is 4.79 Å². The zero-order valence-corrected chi connectivity index (χ0v) is 10.4. The maximum atomic E-state index is 11.4. The average Bonchev–Trinajstić information content (AvgIpc) is 2.26. The van der Waals surface area contributed by atoms with Crippen molar-refractivity contribution in [2.24, 2.45) is 0 Å². The molecule has 0 spiro atoms. The van der Waals surface area contributed by atoms with Crippen LogP contribution in [0.5, 0.6) is 0 Å². The highest BCUT2D eigenvalue weighted by atomic mass is 16.2. The molecule has 0 fully saturated rings. The lowest BCUT2D eigenvalue weighted by Gasteiger charge is -2.16. The summed E-state index contributed by atoms with van der Waals surface area (Å²) in [5, 5.41) is 3.21. The van der Waals surface area contributed by atoms with Gasteiger partial charge in [-0.25, -0.2) is 0 Å². The number of nitrogens with one attached hydrogen (secondary N) is 1. The molecule has 88 valence electrons. The Kier molecular flexibility index (Phi) is 4.50. The van der Waals surface area contributed by atoms with Crippen molar-refractivity contribution in [3.63, 3.8) is 0 Å². The predicted octanol–water partition coefficient (Wildman–Crippen LogP) is 1.73. The highest BCUT2D eigenvalue weighted by molar-refractivity contribution is 5.77. The molecule has 3 nitrogen and oxygen atoms in total. The number of benzene rings is 1.